The predicted molar refractivity (Wildman–Crippen MR) is 159 cm³/mol. The summed E-state index contributed by atoms with van der Waals surface area (Å²) < 4.78 is 31.1. The van der Waals surface area contributed by atoms with Crippen LogP contribution in [0.25, 0.3) is 17.2 Å². The van der Waals surface area contributed by atoms with E-state index in [0.29, 0.717) is 17.7 Å². The Morgan fingerprint density at radius 2 is 1.67 bits per heavy atom. The van der Waals surface area contributed by atoms with Crippen LogP contribution in [0.4, 0.5) is 4.39 Å². The van der Waals surface area contributed by atoms with E-state index >= 15 is 0 Å². The van der Waals surface area contributed by atoms with Crippen molar-refractivity contribution in [2.75, 3.05) is 14.2 Å². The number of halogens is 1. The number of ether oxygens (including phenoxy) is 3. The molecule has 1 N–H and O–H groups in total. The maximum absolute atomic E-state index is 14.4. The van der Waals surface area contributed by atoms with Crippen LogP contribution in [-0.2, 0) is 11.3 Å². The maximum Gasteiger partial charge on any atom is 0.345 e. The fourth-order valence-corrected chi connectivity index (χ4v) is 4.89. The van der Waals surface area contributed by atoms with Crippen molar-refractivity contribution >= 4 is 29.1 Å². The number of carbonyl (C=O) groups excluding carboxylic acids is 2. The summed E-state index contributed by atoms with van der Waals surface area (Å²) in [6.45, 7) is 2.32. The first-order chi connectivity index (χ1) is 20.4. The van der Waals surface area contributed by atoms with E-state index in [1.165, 1.54) is 32.5 Å². The van der Waals surface area contributed by atoms with Gasteiger partial charge in [-0.05, 0) is 88.4 Å². The van der Waals surface area contributed by atoms with Gasteiger partial charge in [-0.1, -0.05) is 36.4 Å². The van der Waals surface area contributed by atoms with Crippen molar-refractivity contribution in [3.05, 3.63) is 124 Å². The van der Waals surface area contributed by atoms with Crippen LogP contribution in [0.2, 0.25) is 0 Å². The number of rotatable bonds is 9. The Morgan fingerprint density at radius 1 is 0.929 bits per heavy atom. The minimum atomic E-state index is -0.605. The van der Waals surface area contributed by atoms with Crippen molar-refractivity contribution in [1.29, 1.82) is 0 Å². The molecule has 3 aromatic carbocycles. The minimum absolute atomic E-state index is 0.0995. The molecule has 0 spiro atoms. The molecule has 0 radical (unpaired) electrons. The van der Waals surface area contributed by atoms with Gasteiger partial charge in [0.1, 0.15) is 5.82 Å². The Morgan fingerprint density at radius 3 is 2.33 bits per heavy atom. The number of pyridine rings is 1. The molecule has 4 aromatic rings. The molecule has 1 heterocycles. The van der Waals surface area contributed by atoms with E-state index in [2.05, 4.69) is 10.3 Å². The second kappa shape index (κ2) is 12.5. The zero-order valence-electron chi connectivity index (χ0n) is 23.4. The number of amides is 1. The van der Waals surface area contributed by atoms with E-state index in [1.807, 2.05) is 43.3 Å². The van der Waals surface area contributed by atoms with E-state index in [-0.39, 0.29) is 41.0 Å². The van der Waals surface area contributed by atoms with E-state index in [0.717, 1.165) is 27.8 Å². The highest BCUT2D eigenvalue weighted by Crippen LogP contribution is 2.45. The molecule has 1 aliphatic carbocycles. The number of hydrogen-bond acceptors (Lipinski definition) is 6. The third-order valence-corrected chi connectivity index (χ3v) is 7.01. The average Bonchev–Trinajstić information content (AvgIpc) is 3.26. The molecular formula is C34H29FN2O5. The van der Waals surface area contributed by atoms with Gasteiger partial charge in [-0.2, -0.15) is 0 Å². The van der Waals surface area contributed by atoms with E-state index < -0.39 is 5.97 Å². The lowest BCUT2D eigenvalue weighted by molar-refractivity contribution is -0.120. The SMILES string of the molecule is COc1cc(C=C2C(C)=C(CC(=O)NCc3ccccc3)c3cc(F)ccc32)cc(OC)c1OC(=O)c1cccnc1. The van der Waals surface area contributed by atoms with Gasteiger partial charge in [0.05, 0.1) is 26.2 Å². The van der Waals surface area contributed by atoms with Crippen molar-refractivity contribution in [3.8, 4) is 17.2 Å². The number of fused-ring (bicyclic) bond motifs is 1. The Hall–Kier alpha value is -5.24. The molecule has 7 nitrogen and oxygen atoms in total. The highest BCUT2D eigenvalue weighted by molar-refractivity contribution is 6.08. The zero-order chi connectivity index (χ0) is 29.6. The lowest BCUT2D eigenvalue weighted by atomic mass is 10.00. The summed E-state index contributed by atoms with van der Waals surface area (Å²) in [5.74, 6) is -0.434. The normalized spacial score (nSPS) is 13.1. The first-order valence-corrected chi connectivity index (χ1v) is 13.3. The molecule has 5 rings (SSSR count). The van der Waals surface area contributed by atoms with Gasteiger partial charge in [0.2, 0.25) is 11.7 Å². The molecule has 42 heavy (non-hydrogen) atoms. The summed E-state index contributed by atoms with van der Waals surface area (Å²) >= 11 is 0. The Bertz CT molecular complexity index is 1670. The molecule has 0 unspecified atom stereocenters. The topological polar surface area (TPSA) is 86.8 Å². The third-order valence-electron chi connectivity index (χ3n) is 7.01. The molecule has 8 heteroatoms. The highest BCUT2D eigenvalue weighted by atomic mass is 19.1. The number of carbonyl (C=O) groups is 2. The summed E-state index contributed by atoms with van der Waals surface area (Å²) in [6, 6.07) is 20.9. The Balaban J connectivity index is 1.47. The quantitative estimate of drug-likeness (QED) is 0.185. The van der Waals surface area contributed by atoms with Gasteiger partial charge < -0.3 is 19.5 Å². The van der Waals surface area contributed by atoms with Gasteiger partial charge in [-0.3, -0.25) is 9.78 Å². The van der Waals surface area contributed by atoms with Gasteiger partial charge >= 0.3 is 5.97 Å². The third kappa shape index (κ3) is 6.07. The monoisotopic (exact) mass is 564 g/mol. The fraction of sp³-hybridized carbons (Fsp3) is 0.147. The molecule has 1 aromatic heterocycles. The second-order valence-corrected chi connectivity index (χ2v) is 9.68. The first kappa shape index (κ1) is 28.3. The molecule has 0 atom stereocenters. The van der Waals surface area contributed by atoms with Crippen LogP contribution < -0.4 is 19.5 Å². The van der Waals surface area contributed by atoms with Crippen molar-refractivity contribution in [3.63, 3.8) is 0 Å². The summed E-state index contributed by atoms with van der Waals surface area (Å²) in [5.41, 5.74) is 5.90. The second-order valence-electron chi connectivity index (χ2n) is 9.68. The summed E-state index contributed by atoms with van der Waals surface area (Å²) in [4.78, 5) is 29.6. The van der Waals surface area contributed by atoms with Crippen LogP contribution >= 0.6 is 0 Å². The number of hydrogen-bond donors (Lipinski definition) is 1. The summed E-state index contributed by atoms with van der Waals surface area (Å²) in [5, 5.41) is 2.96. The number of esters is 1. The Kier molecular flexibility index (Phi) is 8.43. The average molecular weight is 565 g/mol. The van der Waals surface area contributed by atoms with Gasteiger partial charge in [-0.25, -0.2) is 9.18 Å². The van der Waals surface area contributed by atoms with Crippen molar-refractivity contribution in [2.24, 2.45) is 0 Å². The van der Waals surface area contributed by atoms with Crippen LogP contribution in [-0.4, -0.2) is 31.1 Å². The number of methoxy groups -OCH3 is 2. The van der Waals surface area contributed by atoms with Gasteiger partial charge in [0.25, 0.3) is 0 Å². The maximum atomic E-state index is 14.4. The molecule has 1 aliphatic rings. The standard InChI is InChI=1S/C34H29FN2O5/c1-21-27(14-23-15-30(40-2)33(31(16-23)41-3)42-34(39)24-10-7-13-36-20-24)26-12-11-25(35)17-29(26)28(21)18-32(38)37-19-22-8-5-4-6-9-22/h4-17,20H,18-19H2,1-3H3,(H,37,38). The highest BCUT2D eigenvalue weighted by Gasteiger charge is 2.26. The zero-order valence-corrected chi connectivity index (χ0v) is 23.4. The molecule has 0 saturated carbocycles. The van der Waals surface area contributed by atoms with Crippen molar-refractivity contribution < 1.29 is 28.2 Å². The lowest BCUT2D eigenvalue weighted by Crippen LogP contribution is -2.22. The van der Waals surface area contributed by atoms with Gasteiger partial charge in [-0.15, -0.1) is 0 Å². The van der Waals surface area contributed by atoms with Gasteiger partial charge in [0, 0.05) is 18.9 Å². The lowest BCUT2D eigenvalue weighted by Gasteiger charge is -2.15. The van der Waals surface area contributed by atoms with Crippen LogP contribution in [0.15, 0.2) is 90.8 Å². The minimum Gasteiger partial charge on any atom is -0.493 e. The molecular weight excluding hydrogens is 535 g/mol. The first-order valence-electron chi connectivity index (χ1n) is 13.3. The molecule has 1 amide bonds. The molecule has 0 bridgehead atoms. The van der Waals surface area contributed by atoms with Crippen LogP contribution in [0.3, 0.4) is 0 Å². The molecule has 212 valence electrons. The van der Waals surface area contributed by atoms with Crippen LogP contribution in [0.5, 0.6) is 17.2 Å². The Labute approximate surface area is 243 Å². The number of nitrogens with zero attached hydrogens (tertiary/aromatic N) is 1. The smallest absolute Gasteiger partial charge is 0.345 e. The van der Waals surface area contributed by atoms with Gasteiger partial charge in [0.15, 0.2) is 11.5 Å². The van der Waals surface area contributed by atoms with Crippen LogP contribution in [0, 0.1) is 5.82 Å². The summed E-state index contributed by atoms with van der Waals surface area (Å²) in [6.07, 6.45) is 4.99. The number of benzene rings is 3. The van der Waals surface area contributed by atoms with Crippen LogP contribution in [0.1, 0.15) is 46.0 Å². The van der Waals surface area contributed by atoms with E-state index in [1.54, 1.807) is 36.5 Å². The fourth-order valence-electron chi connectivity index (χ4n) is 4.89. The van der Waals surface area contributed by atoms with Crippen molar-refractivity contribution in [2.45, 2.75) is 19.9 Å². The largest absolute Gasteiger partial charge is 0.493 e. The molecule has 0 fully saturated rings. The molecule has 0 saturated heterocycles. The summed E-state index contributed by atoms with van der Waals surface area (Å²) in [7, 11) is 2.94. The number of nitrogens with one attached hydrogen (secondary N) is 1. The number of allylic oxidation sites excluding steroid dienone is 2. The number of aromatic nitrogens is 1. The van der Waals surface area contributed by atoms with Crippen molar-refractivity contribution in [1.82, 2.24) is 10.3 Å². The molecule has 0 aliphatic heterocycles. The predicted octanol–water partition coefficient (Wildman–Crippen LogP) is 6.49. The van der Waals surface area contributed by atoms with E-state index in [9.17, 15) is 14.0 Å². The van der Waals surface area contributed by atoms with E-state index in [4.69, 9.17) is 14.2 Å².